The van der Waals surface area contributed by atoms with Crippen LogP contribution in [0.2, 0.25) is 0 Å². The molecule has 0 unspecified atom stereocenters. The minimum atomic E-state index is -6.30. The molecule has 0 aromatic carbocycles. The maximum atomic E-state index is 11.4. The van der Waals surface area contributed by atoms with E-state index in [0.29, 0.717) is 0 Å². The standard InChI is InChI=1S/C3HF6NO3S.C2H7N/c4-2(5,6)1(11)10-14(12,13)3(7,8)9;1-3-2/h(H,10,11);3H,1-2H3. The molecule has 0 saturated heterocycles. The monoisotopic (exact) mass is 290 g/mol. The smallest absolute Gasteiger partial charge is 0.323 e. The zero-order valence-corrected chi connectivity index (χ0v) is 9.22. The zero-order chi connectivity index (χ0) is 14.5. The lowest BCUT2D eigenvalue weighted by atomic mass is 10.6. The SMILES string of the molecule is CNC.O=C(NS(=O)(=O)C(F)(F)F)C(F)(F)F. The Morgan fingerprint density at radius 1 is 1.00 bits per heavy atom. The van der Waals surface area contributed by atoms with Gasteiger partial charge in [-0.15, -0.1) is 0 Å². The minimum Gasteiger partial charge on any atom is -0.323 e. The van der Waals surface area contributed by atoms with E-state index in [1.165, 1.54) is 0 Å². The van der Waals surface area contributed by atoms with Gasteiger partial charge in [-0.1, -0.05) is 0 Å². The van der Waals surface area contributed by atoms with Crippen LogP contribution in [0, 0.1) is 0 Å². The van der Waals surface area contributed by atoms with Crippen LogP contribution in [0.5, 0.6) is 0 Å². The average molecular weight is 290 g/mol. The Morgan fingerprint density at radius 3 is 1.47 bits per heavy atom. The first-order chi connectivity index (χ1) is 7.29. The predicted molar refractivity (Wildman–Crippen MR) is 44.2 cm³/mol. The third kappa shape index (κ3) is 6.99. The van der Waals surface area contributed by atoms with Crippen molar-refractivity contribution in [2.45, 2.75) is 11.7 Å². The Kier molecular flexibility index (Phi) is 6.52. The van der Waals surface area contributed by atoms with Crippen LogP contribution in [0.3, 0.4) is 0 Å². The van der Waals surface area contributed by atoms with Gasteiger partial charge in [0, 0.05) is 0 Å². The summed E-state index contributed by atoms with van der Waals surface area (Å²) in [6.45, 7) is 0. The first kappa shape index (κ1) is 18.3. The third-order valence-electron chi connectivity index (χ3n) is 0.789. The van der Waals surface area contributed by atoms with E-state index in [1.54, 1.807) is 0 Å². The Bertz CT molecular complexity index is 346. The molecule has 12 heteroatoms. The molecule has 2 N–H and O–H groups in total. The number of sulfonamides is 1. The molecule has 0 radical (unpaired) electrons. The number of halogens is 6. The minimum absolute atomic E-state index is 0.181. The number of carbonyl (C=O) groups is 1. The van der Waals surface area contributed by atoms with Crippen LogP contribution < -0.4 is 10.0 Å². The van der Waals surface area contributed by atoms with Crippen molar-refractivity contribution < 1.29 is 39.6 Å². The molecule has 0 spiro atoms. The summed E-state index contributed by atoms with van der Waals surface area (Å²) < 4.78 is 87.9. The molecule has 1 amide bonds. The van der Waals surface area contributed by atoms with Crippen molar-refractivity contribution in [3.05, 3.63) is 0 Å². The van der Waals surface area contributed by atoms with Crippen LogP contribution in [0.1, 0.15) is 0 Å². The van der Waals surface area contributed by atoms with E-state index in [1.807, 2.05) is 14.1 Å². The molecule has 0 fully saturated rings. The summed E-state index contributed by atoms with van der Waals surface area (Å²) >= 11 is 0. The van der Waals surface area contributed by atoms with Gasteiger partial charge in [0.25, 0.3) is 0 Å². The second-order valence-corrected chi connectivity index (χ2v) is 4.05. The van der Waals surface area contributed by atoms with E-state index in [9.17, 15) is 39.6 Å². The normalized spacial score (nSPS) is 12.5. The summed E-state index contributed by atoms with van der Waals surface area (Å²) in [4.78, 5) is 9.81. The lowest BCUT2D eigenvalue weighted by Crippen LogP contribution is -2.46. The van der Waals surface area contributed by atoms with Crippen LogP contribution in [-0.2, 0) is 14.8 Å². The van der Waals surface area contributed by atoms with Crippen molar-refractivity contribution >= 4 is 15.9 Å². The fraction of sp³-hybridized carbons (Fsp3) is 0.800. The molecule has 0 saturated carbocycles. The lowest BCUT2D eigenvalue weighted by molar-refractivity contribution is -0.171. The Morgan fingerprint density at radius 2 is 1.29 bits per heavy atom. The first-order valence-electron chi connectivity index (χ1n) is 3.58. The van der Waals surface area contributed by atoms with Crippen molar-refractivity contribution in [2.24, 2.45) is 0 Å². The Balaban J connectivity index is 0. The summed E-state index contributed by atoms with van der Waals surface area (Å²) in [5, 5.41) is 2.75. The van der Waals surface area contributed by atoms with Crippen LogP contribution in [-0.4, -0.2) is 40.1 Å². The molecule has 0 aliphatic carbocycles. The number of alkyl halides is 6. The fourth-order valence-corrected chi connectivity index (χ4v) is 0.713. The highest BCUT2D eigenvalue weighted by Gasteiger charge is 2.51. The molecule has 0 aliphatic heterocycles. The van der Waals surface area contributed by atoms with Crippen molar-refractivity contribution in [3.8, 4) is 0 Å². The Labute approximate surface area is 92.2 Å². The molecule has 104 valence electrons. The quantitative estimate of drug-likeness (QED) is 0.683. The molecule has 17 heavy (non-hydrogen) atoms. The number of nitrogens with one attached hydrogen (secondary N) is 2. The fourth-order valence-electron chi connectivity index (χ4n) is 0.238. The average Bonchev–Trinajstić information content (AvgIpc) is 2.00. The number of rotatable bonds is 1. The molecule has 0 aliphatic rings. The van der Waals surface area contributed by atoms with Gasteiger partial charge in [-0.2, -0.15) is 34.8 Å². The van der Waals surface area contributed by atoms with Gasteiger partial charge in [0.2, 0.25) is 0 Å². The summed E-state index contributed by atoms with van der Waals surface area (Å²) in [6, 6.07) is 0. The summed E-state index contributed by atoms with van der Waals surface area (Å²) in [6.07, 6.45) is -5.70. The van der Waals surface area contributed by atoms with Crippen LogP contribution in [0.15, 0.2) is 0 Å². The predicted octanol–water partition coefficient (Wildman–Crippen LogP) is 0.350. The van der Waals surface area contributed by atoms with Gasteiger partial charge in [-0.05, 0) is 14.1 Å². The number of carbonyl (C=O) groups excluding carboxylic acids is 1. The molecule has 0 atom stereocenters. The van der Waals surface area contributed by atoms with E-state index < -0.39 is 27.6 Å². The molecule has 0 rings (SSSR count). The van der Waals surface area contributed by atoms with Gasteiger partial charge >= 0.3 is 27.6 Å². The Hall–Kier alpha value is -1.04. The second-order valence-electron chi connectivity index (χ2n) is 2.38. The molecular formula is C5H8F6N2O3S. The van der Waals surface area contributed by atoms with Gasteiger partial charge in [-0.25, -0.2) is 4.72 Å². The van der Waals surface area contributed by atoms with Crippen molar-refractivity contribution in [2.75, 3.05) is 14.1 Å². The number of hydrogen-bond donors (Lipinski definition) is 2. The first-order valence-corrected chi connectivity index (χ1v) is 5.06. The van der Waals surface area contributed by atoms with E-state index in [-0.39, 0.29) is 4.72 Å². The third-order valence-corrected chi connectivity index (χ3v) is 1.85. The van der Waals surface area contributed by atoms with Gasteiger partial charge in [-0.3, -0.25) is 4.79 Å². The van der Waals surface area contributed by atoms with Crippen LogP contribution in [0.4, 0.5) is 26.3 Å². The molecule has 0 aromatic rings. The molecule has 0 heterocycles. The van der Waals surface area contributed by atoms with E-state index >= 15 is 0 Å². The molecular weight excluding hydrogens is 282 g/mol. The number of hydrogen-bond acceptors (Lipinski definition) is 4. The molecule has 0 bridgehead atoms. The highest BCUT2D eigenvalue weighted by molar-refractivity contribution is 7.90. The zero-order valence-electron chi connectivity index (χ0n) is 8.40. The highest BCUT2D eigenvalue weighted by Crippen LogP contribution is 2.23. The maximum absolute atomic E-state index is 11.4. The van der Waals surface area contributed by atoms with E-state index in [0.717, 1.165) is 0 Å². The van der Waals surface area contributed by atoms with Gasteiger partial charge < -0.3 is 5.32 Å². The second kappa shape index (κ2) is 6.05. The van der Waals surface area contributed by atoms with Gasteiger partial charge in [0.15, 0.2) is 0 Å². The van der Waals surface area contributed by atoms with E-state index in [4.69, 9.17) is 0 Å². The summed E-state index contributed by atoms with van der Waals surface area (Å²) in [7, 11) is -2.55. The van der Waals surface area contributed by atoms with Crippen molar-refractivity contribution in [1.29, 1.82) is 0 Å². The molecule has 5 nitrogen and oxygen atoms in total. The van der Waals surface area contributed by atoms with Crippen LogP contribution in [0.25, 0.3) is 0 Å². The largest absolute Gasteiger partial charge is 0.516 e. The highest BCUT2D eigenvalue weighted by atomic mass is 32.2. The van der Waals surface area contributed by atoms with Crippen molar-refractivity contribution in [1.82, 2.24) is 10.0 Å². The van der Waals surface area contributed by atoms with E-state index in [2.05, 4.69) is 5.32 Å². The van der Waals surface area contributed by atoms with Gasteiger partial charge in [0.1, 0.15) is 0 Å². The van der Waals surface area contributed by atoms with Crippen LogP contribution >= 0.6 is 0 Å². The number of amides is 1. The molecule has 0 aromatic heterocycles. The van der Waals surface area contributed by atoms with Crippen molar-refractivity contribution in [3.63, 3.8) is 0 Å². The lowest BCUT2D eigenvalue weighted by Gasteiger charge is -2.10. The summed E-state index contributed by atoms with van der Waals surface area (Å²) in [5.74, 6) is -3.20. The van der Waals surface area contributed by atoms with Gasteiger partial charge in [0.05, 0.1) is 0 Å². The topological polar surface area (TPSA) is 75.3 Å². The summed E-state index contributed by atoms with van der Waals surface area (Å²) in [5.41, 5.74) is -5.96. The maximum Gasteiger partial charge on any atom is 0.516 e.